The van der Waals surface area contributed by atoms with Crippen molar-refractivity contribution < 1.29 is 19.1 Å². The molecule has 2 N–H and O–H groups in total. The first-order chi connectivity index (χ1) is 12.8. The fourth-order valence-corrected chi connectivity index (χ4v) is 2.34. The normalized spacial score (nSPS) is 11.6. The van der Waals surface area contributed by atoms with Crippen molar-refractivity contribution in [1.29, 1.82) is 0 Å². The van der Waals surface area contributed by atoms with Crippen molar-refractivity contribution in [1.82, 2.24) is 25.6 Å². The van der Waals surface area contributed by atoms with Crippen LogP contribution in [0.1, 0.15) is 30.0 Å². The van der Waals surface area contributed by atoms with E-state index in [0.717, 1.165) is 0 Å². The fraction of sp³-hybridized carbons (Fsp3) is 0.353. The average molecular weight is 394 g/mol. The van der Waals surface area contributed by atoms with Gasteiger partial charge in [0.05, 0.1) is 11.4 Å². The summed E-state index contributed by atoms with van der Waals surface area (Å²) in [6.07, 6.45) is 0. The van der Waals surface area contributed by atoms with Gasteiger partial charge in [-0.3, -0.25) is 9.59 Å². The van der Waals surface area contributed by atoms with Crippen LogP contribution in [0, 0.1) is 6.92 Å². The summed E-state index contributed by atoms with van der Waals surface area (Å²) in [6.45, 7) is 4.82. The number of hydrogen-bond acceptors (Lipinski definition) is 6. The lowest BCUT2D eigenvalue weighted by atomic mass is 10.3. The lowest BCUT2D eigenvalue weighted by molar-refractivity contribution is -0.130. The van der Waals surface area contributed by atoms with E-state index < -0.39 is 24.5 Å². The van der Waals surface area contributed by atoms with Crippen molar-refractivity contribution in [3.63, 3.8) is 0 Å². The van der Waals surface area contributed by atoms with Crippen LogP contribution in [0.3, 0.4) is 0 Å². The van der Waals surface area contributed by atoms with Crippen LogP contribution in [0.15, 0.2) is 24.3 Å². The number of nitrogens with zero attached hydrogens (tertiary/aromatic N) is 3. The van der Waals surface area contributed by atoms with Crippen LogP contribution in [0.25, 0.3) is 5.69 Å². The van der Waals surface area contributed by atoms with Gasteiger partial charge >= 0.3 is 5.97 Å². The smallest absolute Gasteiger partial charge is 0.361 e. The number of carbonyl (C=O) groups is 3. The van der Waals surface area contributed by atoms with E-state index in [1.165, 1.54) is 11.7 Å². The van der Waals surface area contributed by atoms with Gasteiger partial charge < -0.3 is 15.4 Å². The number of benzene rings is 1. The molecular formula is C17H20ClN5O4. The zero-order chi connectivity index (χ0) is 20.0. The molecule has 0 saturated carbocycles. The molecule has 0 spiro atoms. The summed E-state index contributed by atoms with van der Waals surface area (Å²) in [6, 6.07) is 6.08. The quantitative estimate of drug-likeness (QED) is 0.679. The lowest BCUT2D eigenvalue weighted by Crippen LogP contribution is -2.46. The average Bonchev–Trinajstić information content (AvgIpc) is 3.01. The van der Waals surface area contributed by atoms with Crippen LogP contribution in [0.5, 0.6) is 0 Å². The molecule has 2 aromatic rings. The Kier molecular flexibility index (Phi) is 6.89. The largest absolute Gasteiger partial charge is 0.451 e. The van der Waals surface area contributed by atoms with Crippen LogP contribution in [-0.2, 0) is 14.3 Å². The number of carbonyl (C=O) groups excluding carboxylic acids is 3. The standard InChI is InChI=1S/C17H20ClN5O4/c1-4-19-16(25)11(3)20-14(24)9-27-17(26)15-10(2)21-23(22-15)13-7-5-6-12(18)8-13/h5-8,11H,4,9H2,1-3H3,(H,19,25)(H,20,24)/t11-/m0/s1. The number of nitrogens with one attached hydrogen (secondary N) is 2. The number of aromatic nitrogens is 3. The third kappa shape index (κ3) is 5.52. The Morgan fingerprint density at radius 1 is 1.30 bits per heavy atom. The summed E-state index contributed by atoms with van der Waals surface area (Å²) in [5.74, 6) is -1.71. The monoisotopic (exact) mass is 393 g/mol. The van der Waals surface area contributed by atoms with Crippen molar-refractivity contribution in [2.24, 2.45) is 0 Å². The van der Waals surface area contributed by atoms with E-state index in [1.807, 2.05) is 0 Å². The Morgan fingerprint density at radius 2 is 2.04 bits per heavy atom. The lowest BCUT2D eigenvalue weighted by Gasteiger charge is -2.13. The first-order valence-corrected chi connectivity index (χ1v) is 8.63. The van der Waals surface area contributed by atoms with Gasteiger partial charge in [-0.2, -0.15) is 9.90 Å². The molecule has 0 aliphatic carbocycles. The highest BCUT2D eigenvalue weighted by atomic mass is 35.5. The predicted octanol–water partition coefficient (Wildman–Crippen LogP) is 1.03. The number of amides is 2. The van der Waals surface area contributed by atoms with E-state index in [1.54, 1.807) is 38.1 Å². The van der Waals surface area contributed by atoms with Gasteiger partial charge in [0, 0.05) is 11.6 Å². The number of rotatable bonds is 7. The van der Waals surface area contributed by atoms with Gasteiger partial charge in [-0.05, 0) is 39.0 Å². The van der Waals surface area contributed by atoms with Gasteiger partial charge in [0.1, 0.15) is 6.04 Å². The highest BCUT2D eigenvalue weighted by molar-refractivity contribution is 6.30. The van der Waals surface area contributed by atoms with Crippen LogP contribution < -0.4 is 10.6 Å². The topological polar surface area (TPSA) is 115 Å². The summed E-state index contributed by atoms with van der Waals surface area (Å²) in [5.41, 5.74) is 0.911. The van der Waals surface area contributed by atoms with Crippen molar-refractivity contribution >= 4 is 29.4 Å². The molecule has 0 fully saturated rings. The van der Waals surface area contributed by atoms with Gasteiger partial charge in [0.15, 0.2) is 12.3 Å². The van der Waals surface area contributed by atoms with Crippen LogP contribution in [-0.4, -0.2) is 52.0 Å². The van der Waals surface area contributed by atoms with Crippen molar-refractivity contribution in [3.05, 3.63) is 40.7 Å². The Labute approximate surface area is 161 Å². The maximum Gasteiger partial charge on any atom is 0.361 e. The van der Waals surface area contributed by atoms with Gasteiger partial charge in [-0.25, -0.2) is 4.79 Å². The fourth-order valence-electron chi connectivity index (χ4n) is 2.16. The van der Waals surface area contributed by atoms with Gasteiger partial charge in [-0.15, -0.1) is 5.10 Å². The van der Waals surface area contributed by atoms with Crippen molar-refractivity contribution in [2.75, 3.05) is 13.2 Å². The number of halogens is 1. The van der Waals surface area contributed by atoms with Gasteiger partial charge in [0.25, 0.3) is 5.91 Å². The third-order valence-electron chi connectivity index (χ3n) is 3.47. The second-order valence-electron chi connectivity index (χ2n) is 5.66. The molecule has 1 atom stereocenters. The molecule has 2 amide bonds. The highest BCUT2D eigenvalue weighted by Gasteiger charge is 2.20. The highest BCUT2D eigenvalue weighted by Crippen LogP contribution is 2.14. The molecule has 1 aromatic heterocycles. The second kappa shape index (κ2) is 9.13. The molecule has 0 aliphatic rings. The number of aryl methyl sites for hydroxylation is 1. The molecule has 1 heterocycles. The summed E-state index contributed by atoms with van der Waals surface area (Å²) in [7, 11) is 0. The molecular weight excluding hydrogens is 374 g/mol. The molecule has 0 saturated heterocycles. The molecule has 2 rings (SSSR count). The first-order valence-electron chi connectivity index (χ1n) is 8.26. The van der Waals surface area contributed by atoms with E-state index >= 15 is 0 Å². The summed E-state index contributed by atoms with van der Waals surface area (Å²) >= 11 is 5.94. The van der Waals surface area contributed by atoms with Crippen molar-refractivity contribution in [2.45, 2.75) is 26.8 Å². The third-order valence-corrected chi connectivity index (χ3v) is 3.71. The molecule has 10 heteroatoms. The molecule has 27 heavy (non-hydrogen) atoms. The van der Waals surface area contributed by atoms with Crippen LogP contribution >= 0.6 is 11.6 Å². The van der Waals surface area contributed by atoms with E-state index in [4.69, 9.17) is 16.3 Å². The Balaban J connectivity index is 1.96. The minimum Gasteiger partial charge on any atom is -0.451 e. The van der Waals surface area contributed by atoms with Crippen LogP contribution in [0.2, 0.25) is 5.02 Å². The molecule has 0 bridgehead atoms. The number of likely N-dealkylation sites (N-methyl/N-ethyl adjacent to an activating group) is 1. The van der Waals surface area contributed by atoms with Crippen LogP contribution in [0.4, 0.5) is 0 Å². The Hall–Kier alpha value is -2.94. The number of esters is 1. The minimum atomic E-state index is -0.790. The second-order valence-corrected chi connectivity index (χ2v) is 6.10. The zero-order valence-corrected chi connectivity index (χ0v) is 15.9. The SMILES string of the molecule is CCNC(=O)[C@H](C)NC(=O)COC(=O)c1nn(-c2cccc(Cl)c2)nc1C. The van der Waals surface area contributed by atoms with E-state index in [2.05, 4.69) is 20.8 Å². The summed E-state index contributed by atoms with van der Waals surface area (Å²) < 4.78 is 4.96. The molecule has 144 valence electrons. The molecule has 9 nitrogen and oxygen atoms in total. The number of hydrogen-bond donors (Lipinski definition) is 2. The molecule has 1 aromatic carbocycles. The predicted molar refractivity (Wildman–Crippen MR) is 97.7 cm³/mol. The van der Waals surface area contributed by atoms with E-state index in [-0.39, 0.29) is 11.6 Å². The Morgan fingerprint density at radius 3 is 2.70 bits per heavy atom. The number of ether oxygens (including phenoxy) is 1. The van der Waals surface area contributed by atoms with E-state index in [0.29, 0.717) is 22.9 Å². The Bertz CT molecular complexity index is 852. The van der Waals surface area contributed by atoms with Gasteiger partial charge in [-0.1, -0.05) is 17.7 Å². The summed E-state index contributed by atoms with van der Waals surface area (Å²) in [5, 5.41) is 13.8. The zero-order valence-electron chi connectivity index (χ0n) is 15.2. The first kappa shape index (κ1) is 20.4. The molecule has 0 radical (unpaired) electrons. The molecule has 0 aliphatic heterocycles. The minimum absolute atomic E-state index is 0.0143. The maximum absolute atomic E-state index is 12.2. The summed E-state index contributed by atoms with van der Waals surface area (Å²) in [4.78, 5) is 36.8. The molecule has 0 unspecified atom stereocenters. The van der Waals surface area contributed by atoms with Crippen molar-refractivity contribution in [3.8, 4) is 5.69 Å². The maximum atomic E-state index is 12.2. The van der Waals surface area contributed by atoms with E-state index in [9.17, 15) is 14.4 Å². The van der Waals surface area contributed by atoms with Gasteiger partial charge in [0.2, 0.25) is 5.91 Å².